The summed E-state index contributed by atoms with van der Waals surface area (Å²) in [4.78, 5) is 4.75. The van der Waals surface area contributed by atoms with Crippen LogP contribution < -0.4 is 4.74 Å². The third kappa shape index (κ3) is 5.23. The van der Waals surface area contributed by atoms with Crippen molar-refractivity contribution in [3.63, 3.8) is 0 Å². The van der Waals surface area contributed by atoms with Gasteiger partial charge in [-0.15, -0.1) is 0 Å². The fraction of sp³-hybridized carbons (Fsp3) is 0.647. The van der Waals surface area contributed by atoms with Crippen LogP contribution in [0.25, 0.3) is 0 Å². The molecule has 1 N–H and O–H groups in total. The Kier molecular flexibility index (Phi) is 6.61. The molecule has 0 unspecified atom stereocenters. The fourth-order valence-corrected chi connectivity index (χ4v) is 2.98. The van der Waals surface area contributed by atoms with Gasteiger partial charge >= 0.3 is 0 Å². The predicted octanol–water partition coefficient (Wildman–Crippen LogP) is 1.98. The zero-order chi connectivity index (χ0) is 15.9. The fourth-order valence-electron chi connectivity index (χ4n) is 2.98. The number of β-amino-alcohol motifs (C(OH)–C–C–N with tert-alkyl or cyclic N) is 1. The molecule has 0 saturated carbocycles. The van der Waals surface area contributed by atoms with Crippen LogP contribution in [0.4, 0.5) is 4.39 Å². The first-order valence-electron chi connectivity index (χ1n) is 8.11. The number of nitrogens with zero attached hydrogens (tertiary/aromatic N) is 2. The van der Waals surface area contributed by atoms with Gasteiger partial charge in [-0.05, 0) is 25.5 Å². The third-order valence-electron chi connectivity index (χ3n) is 4.13. The minimum Gasteiger partial charge on any atom is -0.492 e. The molecule has 1 fully saturated rings. The van der Waals surface area contributed by atoms with Crippen LogP contribution >= 0.6 is 0 Å². The van der Waals surface area contributed by atoms with Crippen molar-refractivity contribution in [3.8, 4) is 5.75 Å². The van der Waals surface area contributed by atoms with E-state index in [0.717, 1.165) is 39.1 Å². The van der Waals surface area contributed by atoms with Crippen molar-refractivity contribution in [3.05, 3.63) is 30.1 Å². The van der Waals surface area contributed by atoms with Gasteiger partial charge in [0, 0.05) is 44.8 Å². The van der Waals surface area contributed by atoms with E-state index in [0.29, 0.717) is 18.4 Å². The summed E-state index contributed by atoms with van der Waals surface area (Å²) < 4.78 is 18.7. The Bertz CT molecular complexity index is 456. The summed E-state index contributed by atoms with van der Waals surface area (Å²) in [5, 5.41) is 9.57. The maximum atomic E-state index is 13.1. The van der Waals surface area contributed by atoms with Gasteiger partial charge < -0.3 is 9.84 Å². The molecule has 22 heavy (non-hydrogen) atoms. The summed E-state index contributed by atoms with van der Waals surface area (Å²) in [7, 11) is 0. The van der Waals surface area contributed by atoms with E-state index in [1.165, 1.54) is 12.1 Å². The second-order valence-corrected chi connectivity index (χ2v) is 6.01. The van der Waals surface area contributed by atoms with Gasteiger partial charge in [0.15, 0.2) is 0 Å². The molecular formula is C17H27FN2O2. The molecule has 0 radical (unpaired) electrons. The van der Waals surface area contributed by atoms with E-state index in [2.05, 4.69) is 16.7 Å². The van der Waals surface area contributed by atoms with Crippen LogP contribution in [0.1, 0.15) is 20.3 Å². The zero-order valence-corrected chi connectivity index (χ0v) is 13.5. The average Bonchev–Trinajstić information content (AvgIpc) is 2.48. The lowest BCUT2D eigenvalue weighted by Gasteiger charge is -2.41. The zero-order valence-electron chi connectivity index (χ0n) is 13.5. The topological polar surface area (TPSA) is 35.9 Å². The van der Waals surface area contributed by atoms with Crippen molar-refractivity contribution in [2.24, 2.45) is 0 Å². The van der Waals surface area contributed by atoms with Crippen LogP contribution in [0.3, 0.4) is 0 Å². The molecule has 1 saturated heterocycles. The summed E-state index contributed by atoms with van der Waals surface area (Å²) in [5.74, 6) is 0.315. The van der Waals surface area contributed by atoms with Crippen molar-refractivity contribution in [1.82, 2.24) is 9.80 Å². The molecule has 4 nitrogen and oxygen atoms in total. The Labute approximate surface area is 132 Å². The lowest BCUT2D eigenvalue weighted by molar-refractivity contribution is 0.0322. The molecule has 1 aromatic carbocycles. The molecule has 0 amide bonds. The Balaban J connectivity index is 1.75. The van der Waals surface area contributed by atoms with E-state index in [1.807, 2.05) is 6.92 Å². The van der Waals surface area contributed by atoms with Gasteiger partial charge in [0.25, 0.3) is 0 Å². The Morgan fingerprint density at radius 3 is 2.91 bits per heavy atom. The van der Waals surface area contributed by atoms with Gasteiger partial charge in [-0.25, -0.2) is 4.39 Å². The summed E-state index contributed by atoms with van der Waals surface area (Å²) in [5.41, 5.74) is 0. The summed E-state index contributed by atoms with van der Waals surface area (Å²) in [6.45, 7) is 9.13. The molecule has 5 heteroatoms. The first-order valence-corrected chi connectivity index (χ1v) is 8.11. The van der Waals surface area contributed by atoms with Crippen LogP contribution in [0.2, 0.25) is 0 Å². The first kappa shape index (κ1) is 17.2. The van der Waals surface area contributed by atoms with Gasteiger partial charge in [-0.1, -0.05) is 13.0 Å². The van der Waals surface area contributed by atoms with Gasteiger partial charge in [0.1, 0.15) is 18.2 Å². The van der Waals surface area contributed by atoms with Crippen LogP contribution in [0.5, 0.6) is 5.75 Å². The van der Waals surface area contributed by atoms with E-state index in [9.17, 15) is 9.50 Å². The van der Waals surface area contributed by atoms with Crippen molar-refractivity contribution < 1.29 is 14.2 Å². The van der Waals surface area contributed by atoms with Crippen LogP contribution in [-0.2, 0) is 0 Å². The number of aliphatic hydroxyl groups is 1. The smallest absolute Gasteiger partial charge is 0.126 e. The molecule has 1 aliphatic heterocycles. The SMILES string of the molecule is CC[C@H]1CN(CCOc2cccc(F)c2)CCN1C[C@@H](C)O. The highest BCUT2D eigenvalue weighted by Crippen LogP contribution is 2.15. The Morgan fingerprint density at radius 2 is 2.23 bits per heavy atom. The second-order valence-electron chi connectivity index (χ2n) is 6.01. The molecule has 124 valence electrons. The number of aliphatic hydroxyl groups excluding tert-OH is 1. The highest BCUT2D eigenvalue weighted by molar-refractivity contribution is 5.22. The number of hydrogen-bond acceptors (Lipinski definition) is 4. The molecule has 2 rings (SSSR count). The third-order valence-corrected chi connectivity index (χ3v) is 4.13. The lowest BCUT2D eigenvalue weighted by Crippen LogP contribution is -2.55. The molecule has 0 aromatic heterocycles. The minimum atomic E-state index is -0.281. The van der Waals surface area contributed by atoms with Crippen molar-refractivity contribution in [2.45, 2.75) is 32.4 Å². The number of benzene rings is 1. The van der Waals surface area contributed by atoms with Crippen LogP contribution in [-0.4, -0.2) is 66.4 Å². The normalized spacial score (nSPS) is 21.7. The number of halogens is 1. The van der Waals surface area contributed by atoms with Crippen molar-refractivity contribution >= 4 is 0 Å². The van der Waals surface area contributed by atoms with Gasteiger partial charge in [0.05, 0.1) is 6.10 Å². The summed E-state index contributed by atoms with van der Waals surface area (Å²) in [6, 6.07) is 6.75. The summed E-state index contributed by atoms with van der Waals surface area (Å²) in [6.07, 6.45) is 0.797. The minimum absolute atomic E-state index is 0.268. The van der Waals surface area contributed by atoms with Crippen molar-refractivity contribution in [2.75, 3.05) is 39.3 Å². The highest BCUT2D eigenvalue weighted by Gasteiger charge is 2.26. The van der Waals surface area contributed by atoms with E-state index < -0.39 is 0 Å². The lowest BCUT2D eigenvalue weighted by atomic mass is 10.1. The van der Waals surface area contributed by atoms with Gasteiger partial charge in [0.2, 0.25) is 0 Å². The second kappa shape index (κ2) is 8.46. The summed E-state index contributed by atoms with van der Waals surface area (Å²) >= 11 is 0. The molecule has 0 bridgehead atoms. The molecule has 1 aromatic rings. The maximum Gasteiger partial charge on any atom is 0.126 e. The van der Waals surface area contributed by atoms with Crippen LogP contribution in [0, 0.1) is 5.82 Å². The molecule has 0 spiro atoms. The van der Waals surface area contributed by atoms with Crippen LogP contribution in [0.15, 0.2) is 24.3 Å². The highest BCUT2D eigenvalue weighted by atomic mass is 19.1. The molecule has 1 aliphatic rings. The quantitative estimate of drug-likeness (QED) is 0.835. The monoisotopic (exact) mass is 310 g/mol. The van der Waals surface area contributed by atoms with E-state index in [4.69, 9.17) is 4.74 Å². The average molecular weight is 310 g/mol. The van der Waals surface area contributed by atoms with E-state index >= 15 is 0 Å². The molecule has 1 heterocycles. The largest absolute Gasteiger partial charge is 0.492 e. The van der Waals surface area contributed by atoms with E-state index in [-0.39, 0.29) is 11.9 Å². The number of hydrogen-bond donors (Lipinski definition) is 1. The molecule has 0 aliphatic carbocycles. The maximum absolute atomic E-state index is 13.1. The van der Waals surface area contributed by atoms with Gasteiger partial charge in [-0.2, -0.15) is 0 Å². The number of ether oxygens (including phenoxy) is 1. The Morgan fingerprint density at radius 1 is 1.41 bits per heavy atom. The van der Waals surface area contributed by atoms with E-state index in [1.54, 1.807) is 12.1 Å². The standard InChI is InChI=1S/C17H27FN2O2/c1-3-16-13-19(7-8-20(16)12-14(2)21)9-10-22-17-6-4-5-15(18)11-17/h4-6,11,14,16,21H,3,7-10,12-13H2,1-2H3/t14-,16+/m1/s1. The molecule has 2 atom stereocenters. The molecular weight excluding hydrogens is 283 g/mol. The number of piperazine rings is 1. The Hall–Kier alpha value is -1.17. The number of rotatable bonds is 7. The van der Waals surface area contributed by atoms with Crippen molar-refractivity contribution in [1.29, 1.82) is 0 Å². The predicted molar refractivity (Wildman–Crippen MR) is 85.7 cm³/mol. The van der Waals surface area contributed by atoms with Gasteiger partial charge in [-0.3, -0.25) is 9.80 Å². The first-order chi connectivity index (χ1) is 10.6.